The summed E-state index contributed by atoms with van der Waals surface area (Å²) in [4.78, 5) is 31.1. The lowest BCUT2D eigenvalue weighted by atomic mass is 10.3. The van der Waals surface area contributed by atoms with Crippen LogP contribution in [0.3, 0.4) is 0 Å². The van der Waals surface area contributed by atoms with Crippen molar-refractivity contribution in [1.82, 2.24) is 9.55 Å². The van der Waals surface area contributed by atoms with Crippen LogP contribution in [0, 0.1) is 0 Å². The maximum atomic E-state index is 12.6. The molecule has 0 fully saturated rings. The lowest BCUT2D eigenvalue weighted by Gasteiger charge is -2.21. The summed E-state index contributed by atoms with van der Waals surface area (Å²) in [6, 6.07) is 11.3. The van der Waals surface area contributed by atoms with Crippen LogP contribution >= 0.6 is 23.1 Å². The van der Waals surface area contributed by atoms with Gasteiger partial charge in [0.25, 0.3) is 5.56 Å². The molecule has 1 atom stereocenters. The number of hydrogen-bond acceptors (Lipinski definition) is 5. The molecule has 0 aliphatic carbocycles. The lowest BCUT2D eigenvalue weighted by molar-refractivity contribution is -0.117. The Morgan fingerprint density at radius 2 is 2.00 bits per heavy atom. The molecule has 3 rings (SSSR count). The molecule has 2 heterocycles. The van der Waals surface area contributed by atoms with Crippen molar-refractivity contribution in [2.24, 2.45) is 7.05 Å². The van der Waals surface area contributed by atoms with E-state index in [9.17, 15) is 9.59 Å². The average Bonchev–Trinajstić information content (AvgIpc) is 3.07. The SMILES string of the molecule is CC(Sc1nc2ccsc2c(=O)n1C)C(=O)N(C)c1ccccc1. The van der Waals surface area contributed by atoms with E-state index in [-0.39, 0.29) is 16.7 Å². The summed E-state index contributed by atoms with van der Waals surface area (Å²) in [6.45, 7) is 1.83. The minimum Gasteiger partial charge on any atom is -0.315 e. The Labute approximate surface area is 147 Å². The third-order valence-corrected chi connectivity index (χ3v) is 5.77. The highest BCUT2D eigenvalue weighted by molar-refractivity contribution is 8.00. The van der Waals surface area contributed by atoms with Gasteiger partial charge in [-0.2, -0.15) is 0 Å². The molecule has 0 aliphatic heterocycles. The highest BCUT2D eigenvalue weighted by Gasteiger charge is 2.22. The zero-order valence-corrected chi connectivity index (χ0v) is 15.2. The van der Waals surface area contributed by atoms with Gasteiger partial charge < -0.3 is 4.90 Å². The van der Waals surface area contributed by atoms with Crippen LogP contribution in [0.2, 0.25) is 0 Å². The van der Waals surface area contributed by atoms with Gasteiger partial charge in [-0.25, -0.2) is 4.98 Å². The number of anilines is 1. The van der Waals surface area contributed by atoms with E-state index in [2.05, 4.69) is 4.98 Å². The molecule has 2 aromatic heterocycles. The lowest BCUT2D eigenvalue weighted by Crippen LogP contribution is -2.33. The fraction of sp³-hybridized carbons (Fsp3) is 0.235. The summed E-state index contributed by atoms with van der Waals surface area (Å²) in [5, 5.41) is 2.04. The smallest absolute Gasteiger partial charge is 0.271 e. The second kappa shape index (κ2) is 6.78. The van der Waals surface area contributed by atoms with Crippen LogP contribution in [0.15, 0.2) is 51.7 Å². The highest BCUT2D eigenvalue weighted by atomic mass is 32.2. The number of aromatic nitrogens is 2. The number of hydrogen-bond donors (Lipinski definition) is 0. The fourth-order valence-electron chi connectivity index (χ4n) is 2.33. The quantitative estimate of drug-likeness (QED) is 0.530. The van der Waals surface area contributed by atoms with E-state index in [0.29, 0.717) is 15.4 Å². The van der Waals surface area contributed by atoms with Gasteiger partial charge >= 0.3 is 0 Å². The molecule has 1 amide bonds. The van der Waals surface area contributed by atoms with Gasteiger partial charge in [-0.15, -0.1) is 11.3 Å². The van der Waals surface area contributed by atoms with Crippen molar-refractivity contribution in [3.05, 3.63) is 52.1 Å². The number of carbonyl (C=O) groups is 1. The molecule has 0 saturated heterocycles. The minimum absolute atomic E-state index is 0.0362. The van der Waals surface area contributed by atoms with Gasteiger partial charge in [0.15, 0.2) is 5.16 Å². The van der Waals surface area contributed by atoms with Crippen molar-refractivity contribution in [3.63, 3.8) is 0 Å². The van der Waals surface area contributed by atoms with Crippen LogP contribution in [0.4, 0.5) is 5.69 Å². The number of thioether (sulfide) groups is 1. The first-order valence-electron chi connectivity index (χ1n) is 7.42. The maximum absolute atomic E-state index is 12.6. The van der Waals surface area contributed by atoms with Crippen LogP contribution in [0.25, 0.3) is 10.2 Å². The minimum atomic E-state index is -0.357. The molecule has 5 nitrogen and oxygen atoms in total. The molecule has 124 valence electrons. The first-order chi connectivity index (χ1) is 11.5. The van der Waals surface area contributed by atoms with E-state index in [0.717, 1.165) is 5.69 Å². The average molecular weight is 359 g/mol. The number of amides is 1. The summed E-state index contributed by atoms with van der Waals surface area (Å²) in [5.41, 5.74) is 1.44. The zero-order valence-electron chi connectivity index (χ0n) is 13.6. The number of para-hydroxylation sites is 1. The van der Waals surface area contributed by atoms with Gasteiger partial charge in [-0.1, -0.05) is 30.0 Å². The van der Waals surface area contributed by atoms with Gasteiger partial charge in [-0.3, -0.25) is 14.2 Å². The molecular formula is C17H17N3O2S2. The number of thiophene rings is 1. The predicted octanol–water partition coefficient (Wildman–Crippen LogP) is 3.14. The normalized spacial score (nSPS) is 12.3. The van der Waals surface area contributed by atoms with E-state index < -0.39 is 0 Å². The molecule has 24 heavy (non-hydrogen) atoms. The number of fused-ring (bicyclic) bond motifs is 1. The van der Waals surface area contributed by atoms with Gasteiger partial charge in [0, 0.05) is 19.8 Å². The van der Waals surface area contributed by atoms with E-state index in [1.165, 1.54) is 27.7 Å². The third-order valence-electron chi connectivity index (χ3n) is 3.75. The van der Waals surface area contributed by atoms with Crippen molar-refractivity contribution in [3.8, 4) is 0 Å². The van der Waals surface area contributed by atoms with Gasteiger partial charge in [0.1, 0.15) is 4.70 Å². The second-order valence-electron chi connectivity index (χ2n) is 5.39. The van der Waals surface area contributed by atoms with Crippen LogP contribution in [-0.2, 0) is 11.8 Å². The molecular weight excluding hydrogens is 342 g/mol. The number of benzene rings is 1. The molecule has 1 unspecified atom stereocenters. The summed E-state index contributed by atoms with van der Waals surface area (Å²) in [7, 11) is 3.44. The topological polar surface area (TPSA) is 55.2 Å². The largest absolute Gasteiger partial charge is 0.315 e. The zero-order chi connectivity index (χ0) is 17.3. The van der Waals surface area contributed by atoms with Gasteiger partial charge in [0.05, 0.1) is 10.8 Å². The van der Waals surface area contributed by atoms with Crippen molar-refractivity contribution < 1.29 is 4.79 Å². The summed E-state index contributed by atoms with van der Waals surface area (Å²) < 4.78 is 2.15. The Hall–Kier alpha value is -2.12. The molecule has 0 N–H and O–H groups in total. The first-order valence-corrected chi connectivity index (χ1v) is 9.18. The standard InChI is InChI=1S/C17H17N3O2S2/c1-11(15(21)19(2)12-7-5-4-6-8-12)24-17-18-13-9-10-23-14(13)16(22)20(17)3/h4-11H,1-3H3. The Morgan fingerprint density at radius 3 is 2.71 bits per heavy atom. The monoisotopic (exact) mass is 359 g/mol. The molecule has 0 bridgehead atoms. The van der Waals surface area contributed by atoms with E-state index in [1.807, 2.05) is 48.7 Å². The van der Waals surface area contributed by atoms with Crippen LogP contribution < -0.4 is 10.5 Å². The molecule has 0 spiro atoms. The maximum Gasteiger partial charge on any atom is 0.271 e. The fourth-order valence-corrected chi connectivity index (χ4v) is 4.11. The van der Waals surface area contributed by atoms with Crippen LogP contribution in [0.5, 0.6) is 0 Å². The highest BCUT2D eigenvalue weighted by Crippen LogP contribution is 2.25. The molecule has 1 aromatic carbocycles. The Balaban J connectivity index is 1.84. The molecule has 7 heteroatoms. The molecule has 0 saturated carbocycles. The summed E-state index contributed by atoms with van der Waals surface area (Å²) in [5.74, 6) is -0.0362. The van der Waals surface area contributed by atoms with Crippen molar-refractivity contribution in [2.45, 2.75) is 17.3 Å². The predicted molar refractivity (Wildman–Crippen MR) is 100 cm³/mol. The summed E-state index contributed by atoms with van der Waals surface area (Å²) >= 11 is 2.68. The van der Waals surface area contributed by atoms with Crippen LogP contribution in [0.1, 0.15) is 6.92 Å². The number of nitrogens with zero attached hydrogens (tertiary/aromatic N) is 3. The molecule has 0 aliphatic rings. The van der Waals surface area contributed by atoms with Gasteiger partial charge in [0.2, 0.25) is 5.91 Å². The second-order valence-corrected chi connectivity index (χ2v) is 7.61. The van der Waals surface area contributed by atoms with E-state index in [1.54, 1.807) is 19.0 Å². The van der Waals surface area contributed by atoms with Crippen LogP contribution in [-0.4, -0.2) is 27.8 Å². The number of rotatable bonds is 4. The Bertz CT molecular complexity index is 934. The molecule has 0 radical (unpaired) electrons. The Morgan fingerprint density at radius 1 is 1.29 bits per heavy atom. The van der Waals surface area contributed by atoms with Gasteiger partial charge in [-0.05, 0) is 30.5 Å². The van der Waals surface area contributed by atoms with Crippen molar-refractivity contribution in [2.75, 3.05) is 11.9 Å². The molecule has 3 aromatic rings. The number of carbonyl (C=O) groups excluding carboxylic acids is 1. The first kappa shape index (κ1) is 16.7. The van der Waals surface area contributed by atoms with Crippen molar-refractivity contribution >= 4 is 44.9 Å². The Kier molecular flexibility index (Phi) is 4.73. The van der Waals surface area contributed by atoms with E-state index in [4.69, 9.17) is 0 Å². The van der Waals surface area contributed by atoms with E-state index >= 15 is 0 Å². The summed E-state index contributed by atoms with van der Waals surface area (Å²) in [6.07, 6.45) is 0. The van der Waals surface area contributed by atoms with Crippen molar-refractivity contribution in [1.29, 1.82) is 0 Å². The third kappa shape index (κ3) is 3.09.